The molecule has 2 aromatic rings. The number of carbonyl (C=O) groups excluding carboxylic acids is 1. The third kappa shape index (κ3) is 3.80. The second kappa shape index (κ2) is 7.27. The number of H-pyrrole nitrogens is 2. The molecule has 0 radical (unpaired) electrons. The van der Waals surface area contributed by atoms with Gasteiger partial charge in [0.25, 0.3) is 5.56 Å². The van der Waals surface area contributed by atoms with Crippen LogP contribution in [0.5, 0.6) is 0 Å². The van der Waals surface area contributed by atoms with Crippen molar-refractivity contribution in [3.63, 3.8) is 0 Å². The molecule has 1 fully saturated rings. The lowest BCUT2D eigenvalue weighted by molar-refractivity contribution is -0.125. The average molecular weight is 328 g/mol. The largest absolute Gasteiger partial charge is 0.350 e. The minimum atomic E-state index is -0.556. The summed E-state index contributed by atoms with van der Waals surface area (Å²) in [4.78, 5) is 41.8. The van der Waals surface area contributed by atoms with Crippen molar-refractivity contribution >= 4 is 5.91 Å². The fourth-order valence-electron chi connectivity index (χ4n) is 3.00. The molecule has 1 atom stereocenters. The van der Waals surface area contributed by atoms with Gasteiger partial charge in [0.1, 0.15) is 0 Å². The van der Waals surface area contributed by atoms with Gasteiger partial charge in [-0.05, 0) is 24.9 Å². The summed E-state index contributed by atoms with van der Waals surface area (Å²) < 4.78 is 0. The molecule has 0 unspecified atom stereocenters. The van der Waals surface area contributed by atoms with E-state index in [4.69, 9.17) is 0 Å². The first-order valence-electron chi connectivity index (χ1n) is 8.00. The average Bonchev–Trinajstić information content (AvgIpc) is 3.03. The van der Waals surface area contributed by atoms with E-state index in [0.29, 0.717) is 5.56 Å². The van der Waals surface area contributed by atoms with Crippen LogP contribution in [0, 0.1) is 0 Å². The molecule has 1 saturated heterocycles. The number of rotatable bonds is 5. The van der Waals surface area contributed by atoms with Gasteiger partial charge in [0.05, 0.1) is 11.6 Å². The first-order chi connectivity index (χ1) is 11.6. The minimum absolute atomic E-state index is 0.0889. The molecule has 0 aliphatic carbocycles. The number of nitrogens with zero attached hydrogens (tertiary/aromatic N) is 1. The van der Waals surface area contributed by atoms with Crippen LogP contribution in [0.1, 0.15) is 24.0 Å². The third-order valence-corrected chi connectivity index (χ3v) is 4.24. The molecule has 7 heteroatoms. The van der Waals surface area contributed by atoms with Gasteiger partial charge in [-0.15, -0.1) is 0 Å². The number of aromatic nitrogens is 2. The Bertz CT molecular complexity index is 812. The van der Waals surface area contributed by atoms with Gasteiger partial charge in [-0.25, -0.2) is 4.79 Å². The minimum Gasteiger partial charge on any atom is -0.350 e. The zero-order chi connectivity index (χ0) is 16.9. The Kier molecular flexibility index (Phi) is 4.90. The highest BCUT2D eigenvalue weighted by Gasteiger charge is 2.30. The standard InChI is InChI=1S/C17H20N4O3/c22-15-13(10-19-17(24)20-15)9-18-16(23)14-7-4-8-21(14)11-12-5-2-1-3-6-12/h1-3,5-6,10,14H,4,7-9,11H2,(H,18,23)(H2,19,20,22,24)/t14-/m0/s1. The molecule has 1 amide bonds. The van der Waals surface area contributed by atoms with E-state index in [1.165, 1.54) is 11.8 Å². The monoisotopic (exact) mass is 328 g/mol. The Morgan fingerprint density at radius 3 is 2.79 bits per heavy atom. The maximum absolute atomic E-state index is 12.5. The number of benzene rings is 1. The summed E-state index contributed by atoms with van der Waals surface area (Å²) in [5.74, 6) is -0.0889. The number of hydrogen-bond donors (Lipinski definition) is 3. The van der Waals surface area contributed by atoms with E-state index in [0.717, 1.165) is 25.9 Å². The Labute approximate surface area is 138 Å². The lowest BCUT2D eigenvalue weighted by atomic mass is 10.1. The van der Waals surface area contributed by atoms with Gasteiger partial charge in [-0.1, -0.05) is 30.3 Å². The Morgan fingerprint density at radius 2 is 2.04 bits per heavy atom. The number of likely N-dealkylation sites (tertiary alicyclic amines) is 1. The smallest absolute Gasteiger partial charge is 0.325 e. The van der Waals surface area contributed by atoms with Crippen molar-refractivity contribution in [3.05, 3.63) is 68.5 Å². The number of carbonyl (C=O) groups is 1. The zero-order valence-electron chi connectivity index (χ0n) is 13.2. The molecule has 126 valence electrons. The Balaban J connectivity index is 1.61. The second-order valence-corrected chi connectivity index (χ2v) is 5.93. The highest BCUT2D eigenvalue weighted by molar-refractivity contribution is 5.82. The fourth-order valence-corrected chi connectivity index (χ4v) is 3.00. The number of nitrogens with one attached hydrogen (secondary N) is 3. The molecule has 0 saturated carbocycles. The van der Waals surface area contributed by atoms with Crippen molar-refractivity contribution in [2.24, 2.45) is 0 Å². The van der Waals surface area contributed by atoms with Crippen LogP contribution in [0.3, 0.4) is 0 Å². The molecule has 0 bridgehead atoms. The van der Waals surface area contributed by atoms with E-state index >= 15 is 0 Å². The molecule has 24 heavy (non-hydrogen) atoms. The van der Waals surface area contributed by atoms with Gasteiger partial charge in [0.2, 0.25) is 5.91 Å². The maximum atomic E-state index is 12.5. The van der Waals surface area contributed by atoms with Crippen LogP contribution < -0.4 is 16.6 Å². The predicted octanol–water partition coefficient (Wildman–Crippen LogP) is 0.344. The van der Waals surface area contributed by atoms with Gasteiger partial charge in [0.15, 0.2) is 0 Å². The van der Waals surface area contributed by atoms with Crippen LogP contribution in [0.4, 0.5) is 0 Å². The predicted molar refractivity (Wildman–Crippen MR) is 89.4 cm³/mol. The van der Waals surface area contributed by atoms with Crippen LogP contribution in [0.15, 0.2) is 46.1 Å². The van der Waals surface area contributed by atoms with Crippen LogP contribution in [-0.2, 0) is 17.9 Å². The van der Waals surface area contributed by atoms with Crippen molar-refractivity contribution in [1.29, 1.82) is 0 Å². The summed E-state index contributed by atoms with van der Waals surface area (Å²) >= 11 is 0. The SMILES string of the molecule is O=C(NCc1c[nH]c(=O)[nH]c1=O)[C@@H]1CCCN1Cc1ccccc1. The van der Waals surface area contributed by atoms with E-state index in [1.54, 1.807) is 0 Å². The van der Waals surface area contributed by atoms with Crippen molar-refractivity contribution in [2.45, 2.75) is 32.0 Å². The number of aromatic amines is 2. The van der Waals surface area contributed by atoms with Gasteiger partial charge in [0, 0.05) is 19.3 Å². The summed E-state index contributed by atoms with van der Waals surface area (Å²) in [5.41, 5.74) is 0.469. The van der Waals surface area contributed by atoms with Gasteiger partial charge in [-0.3, -0.25) is 19.5 Å². The van der Waals surface area contributed by atoms with Crippen LogP contribution in [0.25, 0.3) is 0 Å². The van der Waals surface area contributed by atoms with Crippen LogP contribution in [-0.4, -0.2) is 33.4 Å². The summed E-state index contributed by atoms with van der Waals surface area (Å²) in [5, 5.41) is 2.79. The fraction of sp³-hybridized carbons (Fsp3) is 0.353. The summed E-state index contributed by atoms with van der Waals surface area (Å²) in [6.45, 7) is 1.71. The van der Waals surface area contributed by atoms with Crippen molar-refractivity contribution in [2.75, 3.05) is 6.54 Å². The lowest BCUT2D eigenvalue weighted by Crippen LogP contribution is -2.43. The molecule has 1 aromatic carbocycles. The molecule has 1 aliphatic rings. The van der Waals surface area contributed by atoms with Crippen molar-refractivity contribution in [1.82, 2.24) is 20.2 Å². The van der Waals surface area contributed by atoms with E-state index < -0.39 is 11.2 Å². The number of hydrogen-bond acceptors (Lipinski definition) is 4. The molecule has 3 N–H and O–H groups in total. The van der Waals surface area contributed by atoms with E-state index in [9.17, 15) is 14.4 Å². The van der Waals surface area contributed by atoms with Crippen LogP contribution in [0.2, 0.25) is 0 Å². The van der Waals surface area contributed by atoms with E-state index in [1.807, 2.05) is 30.3 Å². The first kappa shape index (κ1) is 16.2. The van der Waals surface area contributed by atoms with Gasteiger partial charge >= 0.3 is 5.69 Å². The summed E-state index contributed by atoms with van der Waals surface area (Å²) in [6, 6.07) is 9.86. The molecule has 7 nitrogen and oxygen atoms in total. The Morgan fingerprint density at radius 1 is 1.25 bits per heavy atom. The summed E-state index contributed by atoms with van der Waals surface area (Å²) in [7, 11) is 0. The zero-order valence-corrected chi connectivity index (χ0v) is 13.2. The number of amides is 1. The molecule has 1 aromatic heterocycles. The van der Waals surface area contributed by atoms with E-state index in [-0.39, 0.29) is 18.5 Å². The Hall–Kier alpha value is -2.67. The normalized spacial score (nSPS) is 17.8. The quantitative estimate of drug-likeness (QED) is 0.737. The molecule has 2 heterocycles. The van der Waals surface area contributed by atoms with Gasteiger partial charge < -0.3 is 10.3 Å². The van der Waals surface area contributed by atoms with Crippen molar-refractivity contribution in [3.8, 4) is 0 Å². The van der Waals surface area contributed by atoms with Gasteiger partial charge in [-0.2, -0.15) is 0 Å². The summed E-state index contributed by atoms with van der Waals surface area (Å²) in [6.07, 6.45) is 3.11. The third-order valence-electron chi connectivity index (χ3n) is 4.24. The lowest BCUT2D eigenvalue weighted by Gasteiger charge is -2.23. The molecule has 0 spiro atoms. The molecular formula is C17H20N4O3. The van der Waals surface area contributed by atoms with E-state index in [2.05, 4.69) is 20.2 Å². The maximum Gasteiger partial charge on any atom is 0.325 e. The topological polar surface area (TPSA) is 98.1 Å². The van der Waals surface area contributed by atoms with Crippen molar-refractivity contribution < 1.29 is 4.79 Å². The van der Waals surface area contributed by atoms with Crippen LogP contribution >= 0.6 is 0 Å². The molecule has 3 rings (SSSR count). The molecule has 1 aliphatic heterocycles. The first-order valence-corrected chi connectivity index (χ1v) is 8.00. The highest BCUT2D eigenvalue weighted by Crippen LogP contribution is 2.20. The second-order valence-electron chi connectivity index (χ2n) is 5.93. The highest BCUT2D eigenvalue weighted by atomic mass is 16.2. The molecular weight excluding hydrogens is 308 g/mol.